The predicted molar refractivity (Wildman–Crippen MR) is 151 cm³/mol. The zero-order valence-corrected chi connectivity index (χ0v) is 23.2. The molecule has 0 radical (unpaired) electrons. The molecule has 3 aliphatic rings. The van der Waals surface area contributed by atoms with E-state index < -0.39 is 11.7 Å². The summed E-state index contributed by atoms with van der Waals surface area (Å²) in [6.07, 6.45) is 8.84. The highest BCUT2D eigenvalue weighted by Crippen LogP contribution is 2.26. The van der Waals surface area contributed by atoms with Crippen molar-refractivity contribution in [3.05, 3.63) is 70.7 Å². The van der Waals surface area contributed by atoms with Crippen molar-refractivity contribution in [2.75, 3.05) is 26.3 Å². The maximum Gasteiger partial charge on any atom is 0.258 e. The Morgan fingerprint density at radius 1 is 1.18 bits per heavy atom. The molecule has 2 fully saturated rings. The molecule has 2 saturated heterocycles. The van der Waals surface area contributed by atoms with Gasteiger partial charge < -0.3 is 19.9 Å². The average Bonchev–Trinajstić information content (AvgIpc) is 3.48. The maximum absolute atomic E-state index is 14.8. The van der Waals surface area contributed by atoms with Crippen LogP contribution in [0, 0.1) is 22.6 Å². The van der Waals surface area contributed by atoms with E-state index >= 15 is 0 Å². The molecule has 1 aromatic rings. The van der Waals surface area contributed by atoms with Gasteiger partial charge in [-0.25, -0.2) is 4.39 Å². The minimum absolute atomic E-state index is 0.0468. The van der Waals surface area contributed by atoms with Crippen molar-refractivity contribution >= 4 is 23.5 Å². The summed E-state index contributed by atoms with van der Waals surface area (Å²) in [6, 6.07) is 2.92. The van der Waals surface area contributed by atoms with Gasteiger partial charge in [0.25, 0.3) is 5.91 Å². The van der Waals surface area contributed by atoms with Crippen molar-refractivity contribution in [2.24, 2.45) is 5.92 Å². The highest BCUT2D eigenvalue weighted by atomic mass is 19.1. The van der Waals surface area contributed by atoms with Gasteiger partial charge in [0.1, 0.15) is 17.5 Å². The number of piperidine rings is 1. The molecule has 9 heteroatoms. The van der Waals surface area contributed by atoms with E-state index in [1.165, 1.54) is 12.1 Å². The lowest BCUT2D eigenvalue weighted by Crippen LogP contribution is -2.40. The number of halogens is 1. The lowest BCUT2D eigenvalue weighted by molar-refractivity contribution is -0.136. The highest BCUT2D eigenvalue weighted by molar-refractivity contribution is 6.06. The van der Waals surface area contributed by atoms with Crippen LogP contribution >= 0.6 is 0 Å². The third-order valence-electron chi connectivity index (χ3n) is 7.07. The summed E-state index contributed by atoms with van der Waals surface area (Å²) in [5, 5.41) is 19.0. The summed E-state index contributed by atoms with van der Waals surface area (Å²) < 4.78 is 20.1. The third kappa shape index (κ3) is 7.50. The summed E-state index contributed by atoms with van der Waals surface area (Å²) in [4.78, 5) is 29.1. The van der Waals surface area contributed by atoms with Crippen LogP contribution in [0.3, 0.4) is 0 Å². The van der Waals surface area contributed by atoms with Crippen molar-refractivity contribution in [3.8, 4) is 0 Å². The molecule has 1 aromatic carbocycles. The number of hydrogen-bond donors (Lipinski definition) is 3. The summed E-state index contributed by atoms with van der Waals surface area (Å²) in [5.74, 6) is -0.563. The van der Waals surface area contributed by atoms with Crippen LogP contribution in [0.25, 0.3) is 0 Å². The number of hydrogen-bond acceptors (Lipinski definition) is 5. The van der Waals surface area contributed by atoms with Crippen LogP contribution in [0.4, 0.5) is 4.39 Å². The van der Waals surface area contributed by atoms with Gasteiger partial charge in [0.05, 0.1) is 18.1 Å². The Bertz CT molecular complexity index is 1180. The molecule has 3 N–H and O–H groups in total. The van der Waals surface area contributed by atoms with E-state index in [4.69, 9.17) is 15.6 Å². The van der Waals surface area contributed by atoms with Crippen molar-refractivity contribution in [1.29, 1.82) is 10.8 Å². The smallest absolute Gasteiger partial charge is 0.258 e. The van der Waals surface area contributed by atoms with Crippen LogP contribution in [-0.4, -0.2) is 59.6 Å². The number of carbonyl (C=O) groups is 2. The topological polar surface area (TPSA) is 110 Å². The number of nitrogens with one attached hydrogen (secondary N) is 3. The Labute approximate surface area is 230 Å². The van der Waals surface area contributed by atoms with Gasteiger partial charge in [-0.3, -0.25) is 20.4 Å². The van der Waals surface area contributed by atoms with Gasteiger partial charge in [-0.1, -0.05) is 32.6 Å². The van der Waals surface area contributed by atoms with Crippen molar-refractivity contribution in [2.45, 2.75) is 59.4 Å². The molecule has 39 heavy (non-hydrogen) atoms. The molecule has 0 aliphatic carbocycles. The van der Waals surface area contributed by atoms with Crippen LogP contribution < -0.4 is 5.32 Å². The van der Waals surface area contributed by atoms with Gasteiger partial charge >= 0.3 is 0 Å². The van der Waals surface area contributed by atoms with E-state index in [9.17, 15) is 14.0 Å². The number of fused-ring (bicyclic) bond motifs is 1. The molecule has 0 bridgehead atoms. The van der Waals surface area contributed by atoms with Gasteiger partial charge in [0, 0.05) is 38.4 Å². The van der Waals surface area contributed by atoms with E-state index in [0.717, 1.165) is 24.0 Å². The molecule has 1 atom stereocenters. The molecular weight excluding hydrogens is 497 g/mol. The van der Waals surface area contributed by atoms with Gasteiger partial charge in [-0.2, -0.15) is 0 Å². The Kier molecular flexibility index (Phi) is 10.7. The lowest BCUT2D eigenvalue weighted by Gasteiger charge is -2.31. The Morgan fingerprint density at radius 2 is 1.95 bits per heavy atom. The average molecular weight is 538 g/mol. The van der Waals surface area contributed by atoms with Crippen LogP contribution in [0.15, 0.2) is 48.2 Å². The highest BCUT2D eigenvalue weighted by Gasteiger charge is 2.31. The molecule has 0 saturated carbocycles. The number of likely N-dealkylation sites (tertiary alicyclic amines) is 1. The molecule has 4 rings (SSSR count). The maximum atomic E-state index is 14.8. The van der Waals surface area contributed by atoms with Crippen LogP contribution in [-0.2, 0) is 22.5 Å². The van der Waals surface area contributed by atoms with E-state index in [1.807, 2.05) is 13.8 Å². The Hall–Kier alpha value is -3.59. The molecular formula is C30H40FN5O3. The molecule has 3 heterocycles. The number of rotatable bonds is 6. The van der Waals surface area contributed by atoms with Crippen LogP contribution in [0.5, 0.6) is 0 Å². The van der Waals surface area contributed by atoms with E-state index in [-0.39, 0.29) is 28.9 Å². The second-order valence-corrected chi connectivity index (χ2v) is 9.76. The molecule has 210 valence electrons. The first-order valence-corrected chi connectivity index (χ1v) is 13.7. The number of ether oxygens (including phenoxy) is 1. The predicted octanol–water partition coefficient (Wildman–Crippen LogP) is 4.96. The molecule has 3 aliphatic heterocycles. The number of benzene rings is 1. The molecule has 0 aromatic heterocycles. The number of amidine groups is 2. The minimum Gasteiger partial charge on any atom is -0.381 e. The fourth-order valence-electron chi connectivity index (χ4n) is 4.86. The third-order valence-corrected chi connectivity index (χ3v) is 7.07. The van der Waals surface area contributed by atoms with Crippen LogP contribution in [0.2, 0.25) is 0 Å². The van der Waals surface area contributed by atoms with E-state index in [0.29, 0.717) is 63.5 Å². The standard InChI is InChI=1S/C28H34FN5O3.C2H6/c1-18(26(31)34-11-4-3-8-25(34)30)6-5-7-19(2)32-27(35)23-14-22-16-33(12-9-20(22)15-24(23)29)28(36)21-10-13-37-17-21;1-2/h5-7,14-15,21,30-31H,2-4,8-13,16-17H2,1H3,(H,32,35);1-2H3/b7-5-,18-6+,30-25?,31-26?;. The van der Waals surface area contributed by atoms with Gasteiger partial charge in [-0.05, 0) is 67.5 Å². The fourth-order valence-corrected chi connectivity index (χ4v) is 4.86. The first-order valence-electron chi connectivity index (χ1n) is 13.7. The second kappa shape index (κ2) is 14.0. The Morgan fingerprint density at radius 3 is 2.64 bits per heavy atom. The summed E-state index contributed by atoms with van der Waals surface area (Å²) >= 11 is 0. The first kappa shape index (κ1) is 30.0. The molecule has 0 spiro atoms. The van der Waals surface area contributed by atoms with E-state index in [1.54, 1.807) is 35.0 Å². The van der Waals surface area contributed by atoms with Crippen molar-refractivity contribution in [3.63, 3.8) is 0 Å². The van der Waals surface area contributed by atoms with E-state index in [2.05, 4.69) is 11.9 Å². The number of nitrogens with zero attached hydrogens (tertiary/aromatic N) is 2. The number of carbonyl (C=O) groups excluding carboxylic acids is 2. The summed E-state index contributed by atoms with van der Waals surface area (Å²) in [5.41, 5.74) is 2.45. The largest absolute Gasteiger partial charge is 0.381 e. The zero-order valence-electron chi connectivity index (χ0n) is 23.2. The SMILES string of the molecule is C=C(/C=C\C=C(/C)C(=N)N1CCCCC1=N)NC(=O)c1cc2c(cc1F)CCN(C(=O)C1CCOC1)C2.CC. The lowest BCUT2D eigenvalue weighted by atomic mass is 9.95. The second-order valence-electron chi connectivity index (χ2n) is 9.76. The molecule has 8 nitrogen and oxygen atoms in total. The fraction of sp³-hybridized carbons (Fsp3) is 0.467. The zero-order chi connectivity index (χ0) is 28.5. The molecule has 2 amide bonds. The monoisotopic (exact) mass is 537 g/mol. The van der Waals surface area contributed by atoms with Gasteiger partial charge in [-0.15, -0.1) is 0 Å². The number of allylic oxidation sites excluding steroid dienone is 3. The normalized spacial score (nSPS) is 19.3. The Balaban J connectivity index is 0.00000205. The number of amides is 2. The van der Waals surface area contributed by atoms with Crippen molar-refractivity contribution < 1.29 is 18.7 Å². The summed E-state index contributed by atoms with van der Waals surface area (Å²) in [6.45, 7) is 12.2. The molecule has 1 unspecified atom stereocenters. The summed E-state index contributed by atoms with van der Waals surface area (Å²) in [7, 11) is 0. The van der Waals surface area contributed by atoms with Crippen LogP contribution in [0.1, 0.15) is 67.9 Å². The quantitative estimate of drug-likeness (QED) is 0.271. The van der Waals surface area contributed by atoms with Gasteiger partial charge in [0.2, 0.25) is 5.91 Å². The van der Waals surface area contributed by atoms with Crippen molar-refractivity contribution in [1.82, 2.24) is 15.1 Å². The first-order chi connectivity index (χ1) is 18.7. The minimum atomic E-state index is -0.613. The van der Waals surface area contributed by atoms with Gasteiger partial charge in [0.15, 0.2) is 0 Å².